The number of aryl methyl sites for hydroxylation is 2. The van der Waals surface area contributed by atoms with Crippen LogP contribution in [0.25, 0.3) is 0 Å². The number of hydrogen-bond acceptors (Lipinski definition) is 2. The molecule has 3 rings (SSSR count). The lowest BCUT2D eigenvalue weighted by atomic mass is 9.73. The Kier molecular flexibility index (Phi) is 5.06. The van der Waals surface area contributed by atoms with Crippen LogP contribution in [0.3, 0.4) is 0 Å². The lowest BCUT2D eigenvalue weighted by molar-refractivity contribution is 0.176. The van der Waals surface area contributed by atoms with E-state index in [1.54, 1.807) is 15.3 Å². The Morgan fingerprint density at radius 2 is 1.90 bits per heavy atom. The van der Waals surface area contributed by atoms with Crippen molar-refractivity contribution in [3.63, 3.8) is 0 Å². The fourth-order valence-corrected chi connectivity index (χ4v) is 5.81. The zero-order chi connectivity index (χ0) is 14.8. The minimum absolute atomic E-state index is 0.594. The molecule has 0 radical (unpaired) electrons. The van der Waals surface area contributed by atoms with Crippen molar-refractivity contribution >= 4 is 11.3 Å². The third-order valence-corrected chi connectivity index (χ3v) is 7.31. The summed E-state index contributed by atoms with van der Waals surface area (Å²) in [6.45, 7) is 4.88. The van der Waals surface area contributed by atoms with Gasteiger partial charge in [-0.3, -0.25) is 0 Å². The van der Waals surface area contributed by atoms with Gasteiger partial charge < -0.3 is 5.32 Å². The second kappa shape index (κ2) is 6.83. The van der Waals surface area contributed by atoms with Crippen LogP contribution in [-0.4, -0.2) is 7.05 Å². The number of thiophene rings is 1. The van der Waals surface area contributed by atoms with Crippen molar-refractivity contribution < 1.29 is 0 Å². The molecular formula is C19H31NS. The fourth-order valence-electron chi connectivity index (χ4n) is 4.35. The van der Waals surface area contributed by atoms with E-state index in [1.165, 1.54) is 51.4 Å². The third kappa shape index (κ3) is 3.37. The van der Waals surface area contributed by atoms with Gasteiger partial charge in [0.05, 0.1) is 0 Å². The molecular weight excluding hydrogens is 274 g/mol. The maximum absolute atomic E-state index is 3.66. The molecule has 1 aromatic heterocycles. The molecule has 1 fully saturated rings. The summed E-state index contributed by atoms with van der Waals surface area (Å²) in [7, 11) is 2.16. The Morgan fingerprint density at radius 3 is 2.67 bits per heavy atom. The number of rotatable bonds is 3. The normalized spacial score (nSPS) is 31.5. The molecule has 0 amide bonds. The summed E-state index contributed by atoms with van der Waals surface area (Å²) in [4.78, 5) is 3.32. The summed E-state index contributed by atoms with van der Waals surface area (Å²) < 4.78 is 0. The Bertz CT molecular complexity index is 441. The van der Waals surface area contributed by atoms with Gasteiger partial charge in [0.1, 0.15) is 0 Å². The van der Waals surface area contributed by atoms with Gasteiger partial charge in [0.25, 0.3) is 0 Å². The smallest absolute Gasteiger partial charge is 0.0441 e. The Labute approximate surface area is 134 Å². The van der Waals surface area contributed by atoms with E-state index >= 15 is 0 Å². The second-order valence-corrected chi connectivity index (χ2v) is 8.62. The van der Waals surface area contributed by atoms with Crippen LogP contribution >= 0.6 is 11.3 Å². The van der Waals surface area contributed by atoms with Crippen LogP contribution in [0, 0.1) is 17.8 Å². The van der Waals surface area contributed by atoms with Gasteiger partial charge in [0.2, 0.25) is 0 Å². The molecule has 1 saturated carbocycles. The molecule has 0 bridgehead atoms. The van der Waals surface area contributed by atoms with Gasteiger partial charge in [0, 0.05) is 15.8 Å². The van der Waals surface area contributed by atoms with Crippen LogP contribution in [0.5, 0.6) is 0 Å². The maximum Gasteiger partial charge on any atom is 0.0441 e. The first-order valence-electron chi connectivity index (χ1n) is 8.97. The highest BCUT2D eigenvalue weighted by atomic mass is 32.1. The molecule has 0 aliphatic heterocycles. The van der Waals surface area contributed by atoms with E-state index in [1.807, 2.05) is 0 Å². The van der Waals surface area contributed by atoms with Crippen LogP contribution in [0.15, 0.2) is 6.07 Å². The summed E-state index contributed by atoms with van der Waals surface area (Å²) >= 11 is 2.11. The molecule has 2 aliphatic carbocycles. The van der Waals surface area contributed by atoms with E-state index < -0.39 is 0 Å². The van der Waals surface area contributed by atoms with Gasteiger partial charge in [-0.25, -0.2) is 0 Å². The van der Waals surface area contributed by atoms with Crippen molar-refractivity contribution in [2.45, 2.75) is 71.3 Å². The van der Waals surface area contributed by atoms with Crippen LogP contribution in [0.2, 0.25) is 0 Å². The topological polar surface area (TPSA) is 12.0 Å². The monoisotopic (exact) mass is 305 g/mol. The predicted molar refractivity (Wildman–Crippen MR) is 93.0 cm³/mol. The maximum atomic E-state index is 3.66. The molecule has 0 aromatic carbocycles. The number of hydrogen-bond donors (Lipinski definition) is 1. The third-order valence-electron chi connectivity index (χ3n) is 5.99. The van der Waals surface area contributed by atoms with Crippen molar-refractivity contribution in [1.29, 1.82) is 0 Å². The SMILES string of the molecule is CNC(c1cc2c(s1)CCCCC2)C1CCC(C)C(C)C1. The highest BCUT2D eigenvalue weighted by molar-refractivity contribution is 7.12. The van der Waals surface area contributed by atoms with Crippen molar-refractivity contribution in [3.05, 3.63) is 21.4 Å². The summed E-state index contributed by atoms with van der Waals surface area (Å²) in [6, 6.07) is 3.15. The van der Waals surface area contributed by atoms with E-state index in [9.17, 15) is 0 Å². The quantitative estimate of drug-likeness (QED) is 0.742. The van der Waals surface area contributed by atoms with E-state index in [4.69, 9.17) is 0 Å². The van der Waals surface area contributed by atoms with E-state index in [2.05, 4.69) is 43.6 Å². The highest BCUT2D eigenvalue weighted by Crippen LogP contribution is 2.42. The average molecular weight is 306 g/mol. The van der Waals surface area contributed by atoms with E-state index in [0.717, 1.165) is 17.8 Å². The fraction of sp³-hybridized carbons (Fsp3) is 0.789. The lowest BCUT2D eigenvalue weighted by Gasteiger charge is -2.36. The molecule has 0 spiro atoms. The van der Waals surface area contributed by atoms with Gasteiger partial charge in [-0.2, -0.15) is 0 Å². The molecule has 1 N–H and O–H groups in total. The van der Waals surface area contributed by atoms with Crippen molar-refractivity contribution in [2.75, 3.05) is 7.05 Å². The first-order valence-corrected chi connectivity index (χ1v) is 9.79. The molecule has 1 heterocycles. The van der Waals surface area contributed by atoms with Crippen LogP contribution in [0.4, 0.5) is 0 Å². The van der Waals surface area contributed by atoms with Gasteiger partial charge >= 0.3 is 0 Å². The van der Waals surface area contributed by atoms with E-state index in [0.29, 0.717) is 6.04 Å². The van der Waals surface area contributed by atoms with E-state index in [-0.39, 0.29) is 0 Å². The summed E-state index contributed by atoms with van der Waals surface area (Å²) in [5.74, 6) is 2.64. The first kappa shape index (κ1) is 15.6. The van der Waals surface area contributed by atoms with Crippen LogP contribution < -0.4 is 5.32 Å². The van der Waals surface area contributed by atoms with Crippen molar-refractivity contribution in [3.8, 4) is 0 Å². The zero-order valence-electron chi connectivity index (χ0n) is 14.0. The van der Waals surface area contributed by atoms with Gasteiger partial charge in [-0.05, 0) is 75.0 Å². The summed E-state index contributed by atoms with van der Waals surface area (Å²) in [5, 5.41) is 3.66. The van der Waals surface area contributed by atoms with Crippen molar-refractivity contribution in [1.82, 2.24) is 5.32 Å². The summed E-state index contributed by atoms with van der Waals surface area (Å²) in [6.07, 6.45) is 11.1. The molecule has 21 heavy (non-hydrogen) atoms. The Balaban J connectivity index is 1.77. The largest absolute Gasteiger partial charge is 0.312 e. The molecule has 1 aromatic rings. The Morgan fingerprint density at radius 1 is 1.10 bits per heavy atom. The highest BCUT2D eigenvalue weighted by Gasteiger charge is 2.31. The van der Waals surface area contributed by atoms with Crippen molar-refractivity contribution in [2.24, 2.45) is 17.8 Å². The van der Waals surface area contributed by atoms with Gasteiger partial charge in [-0.1, -0.05) is 26.7 Å². The van der Waals surface area contributed by atoms with Crippen LogP contribution in [0.1, 0.15) is 73.7 Å². The molecule has 4 unspecified atom stereocenters. The standard InChI is InChI=1S/C19H31NS/c1-13-9-10-16(11-14(13)2)19(20-3)18-12-15-7-5-4-6-8-17(15)21-18/h12-14,16,19-20H,4-11H2,1-3H3. The lowest BCUT2D eigenvalue weighted by Crippen LogP contribution is -2.31. The molecule has 0 saturated heterocycles. The number of nitrogens with one attached hydrogen (secondary N) is 1. The number of fused-ring (bicyclic) bond motifs is 1. The predicted octanol–water partition coefficient (Wildman–Crippen LogP) is 5.35. The molecule has 1 nitrogen and oxygen atoms in total. The average Bonchev–Trinajstić information content (AvgIpc) is 2.74. The minimum atomic E-state index is 0.594. The second-order valence-electron chi connectivity index (χ2n) is 7.45. The van der Waals surface area contributed by atoms with Crippen LogP contribution in [-0.2, 0) is 12.8 Å². The molecule has 2 heteroatoms. The molecule has 118 valence electrons. The van der Waals surface area contributed by atoms with Gasteiger partial charge in [0.15, 0.2) is 0 Å². The Hall–Kier alpha value is -0.340. The molecule has 4 atom stereocenters. The zero-order valence-corrected chi connectivity index (χ0v) is 14.8. The molecule has 2 aliphatic rings. The van der Waals surface area contributed by atoms with Gasteiger partial charge in [-0.15, -0.1) is 11.3 Å². The minimum Gasteiger partial charge on any atom is -0.312 e. The first-order chi connectivity index (χ1) is 10.2. The summed E-state index contributed by atoms with van der Waals surface area (Å²) in [5.41, 5.74) is 1.67.